The van der Waals surface area contributed by atoms with E-state index in [4.69, 9.17) is 16.9 Å². The van der Waals surface area contributed by atoms with Crippen LogP contribution in [0.25, 0.3) is 11.3 Å². The van der Waals surface area contributed by atoms with Crippen molar-refractivity contribution in [3.63, 3.8) is 0 Å². The third-order valence-corrected chi connectivity index (χ3v) is 2.68. The van der Waals surface area contributed by atoms with Gasteiger partial charge in [-0.3, -0.25) is 10.1 Å². The molecule has 0 saturated carbocycles. The second-order valence-corrected chi connectivity index (χ2v) is 4.21. The van der Waals surface area contributed by atoms with Gasteiger partial charge in [0.1, 0.15) is 11.5 Å². The fraction of sp³-hybridized carbons (Fsp3) is 0.0833. The first kappa shape index (κ1) is 13.8. The number of aryl methyl sites for hydroxylation is 1. The number of nitrogens with zero attached hydrogens (tertiary/aromatic N) is 4. The van der Waals surface area contributed by atoms with E-state index < -0.39 is 10.7 Å². The molecule has 0 amide bonds. The number of halogens is 2. The Morgan fingerprint density at radius 2 is 2.10 bits per heavy atom. The van der Waals surface area contributed by atoms with Crippen molar-refractivity contribution in [1.82, 2.24) is 9.97 Å². The van der Waals surface area contributed by atoms with E-state index in [2.05, 4.69) is 9.97 Å². The molecule has 0 bridgehead atoms. The van der Waals surface area contributed by atoms with Crippen LogP contribution in [-0.2, 0) is 0 Å². The summed E-state index contributed by atoms with van der Waals surface area (Å²) >= 11 is 5.69. The minimum atomic E-state index is -0.694. The quantitative estimate of drug-likeness (QED) is 0.482. The molecule has 20 heavy (non-hydrogen) atoms. The largest absolute Gasteiger partial charge is 0.316 e. The van der Waals surface area contributed by atoms with E-state index in [1.54, 1.807) is 6.07 Å². The molecule has 1 aromatic carbocycles. The van der Waals surface area contributed by atoms with Crippen molar-refractivity contribution in [3.05, 3.63) is 50.7 Å². The summed E-state index contributed by atoms with van der Waals surface area (Å²) in [7, 11) is 0. The molecule has 8 heteroatoms. The molecule has 2 rings (SSSR count). The molecule has 0 unspecified atom stereocenters. The third-order valence-electron chi connectivity index (χ3n) is 2.51. The first-order valence-electron chi connectivity index (χ1n) is 5.32. The van der Waals surface area contributed by atoms with Crippen LogP contribution in [0.4, 0.5) is 10.1 Å². The summed E-state index contributed by atoms with van der Waals surface area (Å²) in [5.41, 5.74) is -0.303. The molecule has 0 saturated heterocycles. The first-order chi connectivity index (χ1) is 9.42. The van der Waals surface area contributed by atoms with Crippen LogP contribution < -0.4 is 0 Å². The number of hydrogen-bond acceptors (Lipinski definition) is 5. The topological polar surface area (TPSA) is 92.7 Å². The number of aromatic nitrogens is 2. The molecule has 0 spiro atoms. The lowest BCUT2D eigenvalue weighted by molar-refractivity contribution is -0.385. The molecule has 1 heterocycles. The Balaban J connectivity index is 2.78. The van der Waals surface area contributed by atoms with E-state index in [1.807, 2.05) is 0 Å². The van der Waals surface area contributed by atoms with E-state index in [9.17, 15) is 14.5 Å². The zero-order valence-corrected chi connectivity index (χ0v) is 10.8. The zero-order chi connectivity index (χ0) is 14.9. The molecule has 0 aliphatic carbocycles. The van der Waals surface area contributed by atoms with Gasteiger partial charge in [0.25, 0.3) is 0 Å². The van der Waals surface area contributed by atoms with Gasteiger partial charge in [0.15, 0.2) is 5.69 Å². The zero-order valence-electron chi connectivity index (χ0n) is 10.1. The van der Waals surface area contributed by atoms with Gasteiger partial charge in [-0.25, -0.2) is 14.4 Å². The van der Waals surface area contributed by atoms with Crippen LogP contribution in [0.15, 0.2) is 18.2 Å². The highest BCUT2D eigenvalue weighted by Gasteiger charge is 2.23. The van der Waals surface area contributed by atoms with Crippen molar-refractivity contribution >= 4 is 17.3 Å². The fourth-order valence-electron chi connectivity index (χ4n) is 1.74. The predicted molar refractivity (Wildman–Crippen MR) is 68.5 cm³/mol. The van der Waals surface area contributed by atoms with Crippen molar-refractivity contribution in [2.45, 2.75) is 6.92 Å². The Labute approximate surface area is 117 Å². The highest BCUT2D eigenvalue weighted by Crippen LogP contribution is 2.32. The first-order valence-corrected chi connectivity index (χ1v) is 5.69. The fourth-order valence-corrected chi connectivity index (χ4v) is 1.95. The van der Waals surface area contributed by atoms with Crippen LogP contribution in [0.3, 0.4) is 0 Å². The normalized spacial score (nSPS) is 10.1. The van der Waals surface area contributed by atoms with E-state index in [-0.39, 0.29) is 33.5 Å². The summed E-state index contributed by atoms with van der Waals surface area (Å²) in [6.07, 6.45) is 0. The lowest BCUT2D eigenvalue weighted by Crippen LogP contribution is -2.01. The van der Waals surface area contributed by atoms with E-state index in [0.717, 1.165) is 12.1 Å². The lowest BCUT2D eigenvalue weighted by atomic mass is 10.1. The van der Waals surface area contributed by atoms with Gasteiger partial charge in [0, 0.05) is 5.56 Å². The summed E-state index contributed by atoms with van der Waals surface area (Å²) in [5, 5.41) is 19.7. The van der Waals surface area contributed by atoms with Crippen LogP contribution in [0.2, 0.25) is 5.28 Å². The average molecular weight is 293 g/mol. The van der Waals surface area contributed by atoms with Crippen LogP contribution in [0.1, 0.15) is 11.3 Å². The summed E-state index contributed by atoms with van der Waals surface area (Å²) in [4.78, 5) is 17.9. The molecule has 0 aliphatic rings. The van der Waals surface area contributed by atoms with Crippen molar-refractivity contribution in [3.8, 4) is 17.3 Å². The Morgan fingerprint density at radius 1 is 1.40 bits per heavy atom. The Kier molecular flexibility index (Phi) is 3.59. The van der Waals surface area contributed by atoms with Crippen molar-refractivity contribution in [1.29, 1.82) is 5.26 Å². The molecule has 100 valence electrons. The number of rotatable bonds is 2. The molecule has 1 aromatic heterocycles. The molecular formula is C12H6ClFN4O2. The lowest BCUT2D eigenvalue weighted by Gasteiger charge is -2.05. The molecule has 0 atom stereocenters. The minimum Gasteiger partial charge on any atom is -0.258 e. The van der Waals surface area contributed by atoms with Gasteiger partial charge in [-0.2, -0.15) is 5.26 Å². The standard InChI is InChI=1S/C12H6ClFN4O2/c1-6-11(18(19)20)10(17-12(13)16-6)8-2-7(5-15)3-9(14)4-8/h2-4H,1H3. The van der Waals surface area contributed by atoms with E-state index >= 15 is 0 Å². The number of nitro groups is 1. The second kappa shape index (κ2) is 5.19. The molecule has 0 fully saturated rings. The van der Waals surface area contributed by atoms with E-state index in [1.165, 1.54) is 13.0 Å². The summed E-state index contributed by atoms with van der Waals surface area (Å²) in [6.45, 7) is 1.40. The van der Waals surface area contributed by atoms with Gasteiger partial charge >= 0.3 is 5.69 Å². The summed E-state index contributed by atoms with van der Waals surface area (Å²) in [6, 6.07) is 5.14. The Hall–Kier alpha value is -2.59. The molecule has 0 N–H and O–H groups in total. The van der Waals surface area contributed by atoms with Gasteiger partial charge in [0.05, 0.1) is 16.6 Å². The van der Waals surface area contributed by atoms with Crippen molar-refractivity contribution in [2.24, 2.45) is 0 Å². The van der Waals surface area contributed by atoms with Crippen LogP contribution in [-0.4, -0.2) is 14.9 Å². The van der Waals surface area contributed by atoms with Crippen molar-refractivity contribution in [2.75, 3.05) is 0 Å². The Bertz CT molecular complexity index is 758. The molecule has 6 nitrogen and oxygen atoms in total. The number of hydrogen-bond donors (Lipinski definition) is 0. The highest BCUT2D eigenvalue weighted by molar-refractivity contribution is 6.28. The monoisotopic (exact) mass is 292 g/mol. The maximum Gasteiger partial charge on any atom is 0.316 e. The number of benzene rings is 1. The van der Waals surface area contributed by atoms with Gasteiger partial charge in [-0.1, -0.05) is 0 Å². The molecule has 2 aromatic rings. The van der Waals surface area contributed by atoms with Gasteiger partial charge in [0.2, 0.25) is 5.28 Å². The van der Waals surface area contributed by atoms with E-state index in [0.29, 0.717) is 0 Å². The van der Waals surface area contributed by atoms with Crippen molar-refractivity contribution < 1.29 is 9.31 Å². The van der Waals surface area contributed by atoms with Gasteiger partial charge in [-0.15, -0.1) is 0 Å². The summed E-state index contributed by atoms with van der Waals surface area (Å²) in [5.74, 6) is -0.694. The van der Waals surface area contributed by atoms with Crippen LogP contribution in [0.5, 0.6) is 0 Å². The predicted octanol–water partition coefficient (Wildman–Crippen LogP) is 3.02. The van der Waals surface area contributed by atoms with Crippen LogP contribution in [0, 0.1) is 34.2 Å². The van der Waals surface area contributed by atoms with Gasteiger partial charge < -0.3 is 0 Å². The third kappa shape index (κ3) is 2.55. The minimum absolute atomic E-state index is 0.0293. The molecule has 0 aliphatic heterocycles. The second-order valence-electron chi connectivity index (χ2n) is 3.87. The molecule has 0 radical (unpaired) electrons. The average Bonchev–Trinajstić information content (AvgIpc) is 2.36. The highest BCUT2D eigenvalue weighted by atomic mass is 35.5. The van der Waals surface area contributed by atoms with Gasteiger partial charge in [-0.05, 0) is 36.7 Å². The van der Waals surface area contributed by atoms with Crippen LogP contribution >= 0.6 is 11.6 Å². The molecular weight excluding hydrogens is 287 g/mol. The maximum absolute atomic E-state index is 13.4. The maximum atomic E-state index is 13.4. The summed E-state index contributed by atoms with van der Waals surface area (Å²) < 4.78 is 13.4. The number of nitriles is 1. The smallest absolute Gasteiger partial charge is 0.258 e. The SMILES string of the molecule is Cc1nc(Cl)nc(-c2cc(F)cc(C#N)c2)c1[N+](=O)[O-]. The Morgan fingerprint density at radius 3 is 2.70 bits per heavy atom.